The standard InChI is InChI=1S/C16H24O3/c1-2-19-15-8-6-14(7-9-15)16(17)12-18-11-10-13-4-3-5-13/h6-9,13,16-17H,2-5,10-12H2,1H3. The predicted molar refractivity (Wildman–Crippen MR) is 75.3 cm³/mol. The highest BCUT2D eigenvalue weighted by Crippen LogP contribution is 2.29. The summed E-state index contributed by atoms with van der Waals surface area (Å²) >= 11 is 0. The molecule has 1 N–H and O–H groups in total. The molecule has 1 aromatic rings. The average molecular weight is 264 g/mol. The minimum absolute atomic E-state index is 0.376. The minimum Gasteiger partial charge on any atom is -0.494 e. The number of aliphatic hydroxyl groups is 1. The summed E-state index contributed by atoms with van der Waals surface area (Å²) in [5, 5.41) is 10.0. The maximum atomic E-state index is 10.0. The van der Waals surface area contributed by atoms with Crippen LogP contribution in [-0.4, -0.2) is 24.9 Å². The van der Waals surface area contributed by atoms with E-state index < -0.39 is 6.10 Å². The van der Waals surface area contributed by atoms with Crippen molar-refractivity contribution in [3.63, 3.8) is 0 Å². The Morgan fingerprint density at radius 2 is 2.00 bits per heavy atom. The minimum atomic E-state index is -0.544. The molecule has 1 aliphatic rings. The van der Waals surface area contributed by atoms with Crippen molar-refractivity contribution in [2.24, 2.45) is 5.92 Å². The van der Waals surface area contributed by atoms with Gasteiger partial charge in [-0.3, -0.25) is 0 Å². The van der Waals surface area contributed by atoms with Crippen LogP contribution in [0.5, 0.6) is 5.75 Å². The first-order chi connectivity index (χ1) is 9.29. The highest BCUT2D eigenvalue weighted by Gasteiger charge is 2.17. The third-order valence-electron chi connectivity index (χ3n) is 3.75. The van der Waals surface area contributed by atoms with E-state index in [1.165, 1.54) is 19.3 Å². The van der Waals surface area contributed by atoms with Crippen LogP contribution in [0.25, 0.3) is 0 Å². The zero-order valence-corrected chi connectivity index (χ0v) is 11.7. The Hall–Kier alpha value is -1.06. The van der Waals surface area contributed by atoms with Crippen LogP contribution in [0.2, 0.25) is 0 Å². The summed E-state index contributed by atoms with van der Waals surface area (Å²) in [5.41, 5.74) is 0.882. The molecular weight excluding hydrogens is 240 g/mol. The monoisotopic (exact) mass is 264 g/mol. The fraction of sp³-hybridized carbons (Fsp3) is 0.625. The topological polar surface area (TPSA) is 38.7 Å². The van der Waals surface area contributed by atoms with Gasteiger partial charge in [-0.25, -0.2) is 0 Å². The summed E-state index contributed by atoms with van der Waals surface area (Å²) in [5.74, 6) is 1.70. The smallest absolute Gasteiger partial charge is 0.119 e. The van der Waals surface area contributed by atoms with Crippen molar-refractivity contribution >= 4 is 0 Å². The molecule has 2 rings (SSSR count). The normalized spacial score (nSPS) is 16.9. The van der Waals surface area contributed by atoms with Gasteiger partial charge in [-0.1, -0.05) is 31.4 Å². The van der Waals surface area contributed by atoms with Crippen LogP contribution in [0.1, 0.15) is 44.3 Å². The Morgan fingerprint density at radius 1 is 1.26 bits per heavy atom. The van der Waals surface area contributed by atoms with Gasteiger partial charge in [0.15, 0.2) is 0 Å². The third-order valence-corrected chi connectivity index (χ3v) is 3.75. The van der Waals surface area contributed by atoms with E-state index in [0.29, 0.717) is 13.2 Å². The van der Waals surface area contributed by atoms with E-state index >= 15 is 0 Å². The SMILES string of the molecule is CCOc1ccc(C(O)COCCC2CCC2)cc1. The lowest BCUT2D eigenvalue weighted by Crippen LogP contribution is -2.15. The molecular formula is C16H24O3. The van der Waals surface area contributed by atoms with Gasteiger partial charge >= 0.3 is 0 Å². The Labute approximate surface area is 115 Å². The van der Waals surface area contributed by atoms with Crippen LogP contribution in [0, 0.1) is 5.92 Å². The average Bonchev–Trinajstić information content (AvgIpc) is 2.37. The van der Waals surface area contributed by atoms with Crippen LogP contribution < -0.4 is 4.74 Å². The summed E-state index contributed by atoms with van der Waals surface area (Å²) in [4.78, 5) is 0. The number of hydrogen-bond acceptors (Lipinski definition) is 3. The van der Waals surface area contributed by atoms with Gasteiger partial charge < -0.3 is 14.6 Å². The number of rotatable bonds is 8. The number of aliphatic hydroxyl groups excluding tert-OH is 1. The molecule has 0 spiro atoms. The Balaban J connectivity index is 1.67. The van der Waals surface area contributed by atoms with E-state index in [0.717, 1.165) is 30.3 Å². The van der Waals surface area contributed by atoms with E-state index in [9.17, 15) is 5.11 Å². The number of hydrogen-bond donors (Lipinski definition) is 1. The highest BCUT2D eigenvalue weighted by molar-refractivity contribution is 5.28. The second kappa shape index (κ2) is 7.51. The van der Waals surface area contributed by atoms with E-state index in [1.54, 1.807) is 0 Å². The first-order valence-electron chi connectivity index (χ1n) is 7.28. The summed E-state index contributed by atoms with van der Waals surface area (Å²) in [7, 11) is 0. The van der Waals surface area contributed by atoms with Crippen molar-refractivity contribution in [3.8, 4) is 5.75 Å². The van der Waals surface area contributed by atoms with Gasteiger partial charge in [-0.15, -0.1) is 0 Å². The van der Waals surface area contributed by atoms with Crippen LogP contribution in [-0.2, 0) is 4.74 Å². The Kier molecular flexibility index (Phi) is 5.67. The molecule has 3 heteroatoms. The van der Waals surface area contributed by atoms with E-state index in [4.69, 9.17) is 9.47 Å². The Morgan fingerprint density at radius 3 is 2.58 bits per heavy atom. The highest BCUT2D eigenvalue weighted by atomic mass is 16.5. The first kappa shape index (κ1) is 14.4. The van der Waals surface area contributed by atoms with Crippen LogP contribution >= 0.6 is 0 Å². The largest absolute Gasteiger partial charge is 0.494 e. The fourth-order valence-electron chi connectivity index (χ4n) is 2.28. The molecule has 0 saturated heterocycles. The van der Waals surface area contributed by atoms with Crippen molar-refractivity contribution < 1.29 is 14.6 Å². The quantitative estimate of drug-likeness (QED) is 0.732. The molecule has 1 fully saturated rings. The molecule has 0 aliphatic heterocycles. The molecule has 1 atom stereocenters. The van der Waals surface area contributed by atoms with Crippen LogP contribution in [0.15, 0.2) is 24.3 Å². The maximum absolute atomic E-state index is 10.0. The number of ether oxygens (including phenoxy) is 2. The molecule has 106 valence electrons. The van der Waals surface area contributed by atoms with Crippen LogP contribution in [0.3, 0.4) is 0 Å². The molecule has 19 heavy (non-hydrogen) atoms. The van der Waals surface area contributed by atoms with Crippen molar-refractivity contribution in [2.45, 2.75) is 38.7 Å². The third kappa shape index (κ3) is 4.51. The molecule has 0 heterocycles. The fourth-order valence-corrected chi connectivity index (χ4v) is 2.28. The van der Waals surface area contributed by atoms with Crippen molar-refractivity contribution in [1.29, 1.82) is 0 Å². The molecule has 3 nitrogen and oxygen atoms in total. The lowest BCUT2D eigenvalue weighted by atomic mass is 9.83. The zero-order chi connectivity index (χ0) is 13.5. The van der Waals surface area contributed by atoms with Gasteiger partial charge in [0.2, 0.25) is 0 Å². The molecule has 0 aromatic heterocycles. The summed E-state index contributed by atoms with van der Waals surface area (Å²) in [6.45, 7) is 3.75. The summed E-state index contributed by atoms with van der Waals surface area (Å²) in [6.07, 6.45) is 4.67. The van der Waals surface area contributed by atoms with Gasteiger partial charge in [0.25, 0.3) is 0 Å². The van der Waals surface area contributed by atoms with Crippen molar-refractivity contribution in [3.05, 3.63) is 29.8 Å². The second-order valence-corrected chi connectivity index (χ2v) is 5.18. The molecule has 0 bridgehead atoms. The second-order valence-electron chi connectivity index (χ2n) is 5.18. The van der Waals surface area contributed by atoms with Crippen molar-refractivity contribution in [1.82, 2.24) is 0 Å². The lowest BCUT2D eigenvalue weighted by Gasteiger charge is -2.25. The number of benzene rings is 1. The Bertz CT molecular complexity index is 357. The zero-order valence-electron chi connectivity index (χ0n) is 11.7. The molecule has 0 amide bonds. The van der Waals surface area contributed by atoms with Gasteiger partial charge in [-0.05, 0) is 37.0 Å². The van der Waals surface area contributed by atoms with E-state index in [2.05, 4.69) is 0 Å². The molecule has 0 radical (unpaired) electrons. The lowest BCUT2D eigenvalue weighted by molar-refractivity contribution is 0.0266. The summed E-state index contributed by atoms with van der Waals surface area (Å²) in [6, 6.07) is 7.56. The van der Waals surface area contributed by atoms with Crippen LogP contribution in [0.4, 0.5) is 0 Å². The molecule has 1 aromatic carbocycles. The molecule has 1 unspecified atom stereocenters. The first-order valence-corrected chi connectivity index (χ1v) is 7.28. The van der Waals surface area contributed by atoms with Crippen molar-refractivity contribution in [2.75, 3.05) is 19.8 Å². The van der Waals surface area contributed by atoms with Gasteiger partial charge in [0, 0.05) is 6.61 Å². The van der Waals surface area contributed by atoms with Gasteiger partial charge in [-0.2, -0.15) is 0 Å². The summed E-state index contributed by atoms with van der Waals surface area (Å²) < 4.78 is 10.9. The van der Waals surface area contributed by atoms with Gasteiger partial charge in [0.05, 0.1) is 13.2 Å². The molecule has 1 saturated carbocycles. The maximum Gasteiger partial charge on any atom is 0.119 e. The molecule has 1 aliphatic carbocycles. The predicted octanol–water partition coefficient (Wildman–Crippen LogP) is 3.33. The van der Waals surface area contributed by atoms with E-state index in [-0.39, 0.29) is 0 Å². The van der Waals surface area contributed by atoms with E-state index in [1.807, 2.05) is 31.2 Å². The van der Waals surface area contributed by atoms with Gasteiger partial charge in [0.1, 0.15) is 11.9 Å².